The normalized spacial score (nSPS) is 18.4. The number of aromatic nitrogens is 6. The zero-order valence-electron chi connectivity index (χ0n) is 17.0. The predicted molar refractivity (Wildman–Crippen MR) is 112 cm³/mol. The first-order chi connectivity index (χ1) is 15.5. The van der Waals surface area contributed by atoms with Crippen LogP contribution in [-0.2, 0) is 6.54 Å². The first-order valence-electron chi connectivity index (χ1n) is 10.2. The molecule has 3 aromatic heterocycles. The largest absolute Gasteiger partial charge is 0.482 e. The van der Waals surface area contributed by atoms with Gasteiger partial charge in [-0.05, 0) is 37.6 Å². The average molecular weight is 428 g/mol. The van der Waals surface area contributed by atoms with Gasteiger partial charge in [-0.15, -0.1) is 10.2 Å². The van der Waals surface area contributed by atoms with Crippen LogP contribution in [0.3, 0.4) is 0 Å². The van der Waals surface area contributed by atoms with E-state index < -0.39 is 6.10 Å². The van der Waals surface area contributed by atoms with Crippen LogP contribution >= 0.6 is 0 Å². The summed E-state index contributed by atoms with van der Waals surface area (Å²) < 4.78 is 24.2. The number of anilines is 1. The first kappa shape index (κ1) is 18.5. The molecular weight excluding hydrogens is 411 g/mol. The highest BCUT2D eigenvalue weighted by molar-refractivity contribution is 5.75. The number of nitriles is 1. The van der Waals surface area contributed by atoms with Gasteiger partial charge in [0.25, 0.3) is 0 Å². The quantitative estimate of drug-likeness (QED) is 0.456. The third kappa shape index (κ3) is 2.54. The van der Waals surface area contributed by atoms with Gasteiger partial charge in [-0.1, -0.05) is 0 Å². The molecule has 1 unspecified atom stereocenters. The Hall–Kier alpha value is -4.26. The maximum Gasteiger partial charge on any atom is 0.170 e. The summed E-state index contributed by atoms with van der Waals surface area (Å²) in [4.78, 5) is 4.30. The monoisotopic (exact) mass is 428 g/mol. The highest BCUT2D eigenvalue weighted by atomic mass is 19.1. The molecule has 2 aliphatic rings. The Balaban J connectivity index is 1.70. The molecular formula is C22H17FN8O. The highest BCUT2D eigenvalue weighted by Gasteiger charge is 2.35. The van der Waals surface area contributed by atoms with Crippen LogP contribution in [-0.4, -0.2) is 29.5 Å². The summed E-state index contributed by atoms with van der Waals surface area (Å²) in [7, 11) is 0. The molecule has 6 rings (SSSR count). The fourth-order valence-electron chi connectivity index (χ4n) is 4.68. The van der Waals surface area contributed by atoms with Gasteiger partial charge in [0, 0.05) is 35.0 Å². The second-order valence-corrected chi connectivity index (χ2v) is 7.91. The molecule has 0 saturated heterocycles. The summed E-state index contributed by atoms with van der Waals surface area (Å²) >= 11 is 0. The molecule has 10 heteroatoms. The van der Waals surface area contributed by atoms with E-state index in [1.165, 1.54) is 12.1 Å². The number of benzene rings is 1. The molecule has 2 atom stereocenters. The molecule has 2 bridgehead atoms. The van der Waals surface area contributed by atoms with Crippen molar-refractivity contribution in [2.24, 2.45) is 0 Å². The first-order valence-corrected chi connectivity index (χ1v) is 10.2. The van der Waals surface area contributed by atoms with Crippen molar-refractivity contribution in [1.82, 2.24) is 29.5 Å². The van der Waals surface area contributed by atoms with Gasteiger partial charge in [0.15, 0.2) is 23.1 Å². The number of aryl methyl sites for hydroxylation is 1. The predicted octanol–water partition coefficient (Wildman–Crippen LogP) is 3.24. The van der Waals surface area contributed by atoms with Crippen LogP contribution in [0.1, 0.15) is 42.4 Å². The average Bonchev–Trinajstić information content (AvgIpc) is 3.49. The highest BCUT2D eigenvalue weighted by Crippen LogP contribution is 2.43. The van der Waals surface area contributed by atoms with Crippen LogP contribution in [0.5, 0.6) is 5.75 Å². The number of nitrogens with two attached hydrogens (primary N) is 1. The Morgan fingerprint density at radius 1 is 1.31 bits per heavy atom. The van der Waals surface area contributed by atoms with E-state index in [1.807, 2.05) is 16.2 Å². The van der Waals surface area contributed by atoms with Gasteiger partial charge in [0.2, 0.25) is 0 Å². The second kappa shape index (κ2) is 6.62. The summed E-state index contributed by atoms with van der Waals surface area (Å²) in [6.45, 7) is 2.46. The molecule has 0 saturated carbocycles. The van der Waals surface area contributed by atoms with Gasteiger partial charge in [-0.2, -0.15) is 10.4 Å². The van der Waals surface area contributed by atoms with Crippen molar-refractivity contribution in [3.05, 3.63) is 59.6 Å². The Labute approximate surface area is 181 Å². The van der Waals surface area contributed by atoms with Crippen molar-refractivity contribution in [2.45, 2.75) is 32.0 Å². The molecule has 5 heterocycles. The number of fused-ring (bicyclic) bond motifs is 7. The number of hydrogen-bond acceptors (Lipinski definition) is 7. The second-order valence-electron chi connectivity index (χ2n) is 7.91. The molecule has 0 amide bonds. The number of hydrogen-bond donors (Lipinski definition) is 1. The van der Waals surface area contributed by atoms with Crippen molar-refractivity contribution < 1.29 is 9.13 Å². The van der Waals surface area contributed by atoms with Crippen LogP contribution in [0.15, 0.2) is 36.8 Å². The van der Waals surface area contributed by atoms with Crippen LogP contribution in [0, 0.1) is 17.1 Å². The van der Waals surface area contributed by atoms with E-state index in [4.69, 9.17) is 10.5 Å². The molecule has 32 heavy (non-hydrogen) atoms. The summed E-state index contributed by atoms with van der Waals surface area (Å²) in [5, 5.41) is 22.8. The van der Waals surface area contributed by atoms with Gasteiger partial charge in [0.1, 0.15) is 24.3 Å². The lowest BCUT2D eigenvalue weighted by Gasteiger charge is -2.22. The van der Waals surface area contributed by atoms with Crippen molar-refractivity contribution in [3.63, 3.8) is 0 Å². The van der Waals surface area contributed by atoms with E-state index in [1.54, 1.807) is 24.7 Å². The lowest BCUT2D eigenvalue weighted by molar-refractivity contribution is 0.227. The summed E-state index contributed by atoms with van der Waals surface area (Å²) in [6, 6.07) is 8.33. The Morgan fingerprint density at radius 3 is 3.03 bits per heavy atom. The smallest absolute Gasteiger partial charge is 0.170 e. The van der Waals surface area contributed by atoms with Crippen LogP contribution in [0.2, 0.25) is 0 Å². The lowest BCUT2D eigenvalue weighted by atomic mass is 9.98. The van der Waals surface area contributed by atoms with E-state index in [2.05, 4.69) is 26.3 Å². The molecule has 0 radical (unpaired) electrons. The minimum Gasteiger partial charge on any atom is -0.482 e. The Morgan fingerprint density at radius 2 is 2.19 bits per heavy atom. The van der Waals surface area contributed by atoms with Crippen molar-refractivity contribution >= 4 is 5.82 Å². The molecule has 0 aliphatic carbocycles. The number of pyridine rings is 1. The third-order valence-corrected chi connectivity index (χ3v) is 6.10. The Kier molecular flexibility index (Phi) is 3.83. The standard InChI is InChI=1S/C22H17FN8O/c1-11-15-7-13(23)2-3-14(15)22-28-27-10-30(22)17-4-5-31-20(17)19(16(8-24)29-31)12-6-18(32-11)21(25)26-9-12/h2-3,6-7,9-11,17H,4-5H2,1H3,(H2,25,26)/t11-,17?/m1/s1. The minimum atomic E-state index is -0.550. The number of nitrogen functional groups attached to an aromatic ring is 1. The SMILES string of the molecule is C[C@H]1Oc2cc(cnc2N)-c2c(C#N)nn3c2C(CC3)n2cnnc2-c2ccc(F)cc21. The van der Waals surface area contributed by atoms with Gasteiger partial charge < -0.3 is 15.0 Å². The van der Waals surface area contributed by atoms with E-state index in [9.17, 15) is 9.65 Å². The lowest BCUT2D eigenvalue weighted by Crippen LogP contribution is -2.13. The van der Waals surface area contributed by atoms with Crippen LogP contribution < -0.4 is 10.5 Å². The van der Waals surface area contributed by atoms with Crippen molar-refractivity contribution in [2.75, 3.05) is 5.73 Å². The van der Waals surface area contributed by atoms with Crippen LogP contribution in [0.4, 0.5) is 10.2 Å². The van der Waals surface area contributed by atoms with Gasteiger partial charge in [-0.3, -0.25) is 4.68 Å². The molecule has 158 valence electrons. The summed E-state index contributed by atoms with van der Waals surface area (Å²) in [5.74, 6) is 0.773. The maximum atomic E-state index is 14.2. The fraction of sp³-hybridized carbons (Fsp3) is 0.227. The molecule has 0 fully saturated rings. The molecule has 9 nitrogen and oxygen atoms in total. The van der Waals surface area contributed by atoms with Crippen molar-refractivity contribution in [3.8, 4) is 34.3 Å². The zero-order chi connectivity index (χ0) is 22.0. The minimum absolute atomic E-state index is 0.154. The molecule has 2 N–H and O–H groups in total. The summed E-state index contributed by atoms with van der Waals surface area (Å²) in [6.07, 6.45) is 3.48. The number of rotatable bonds is 0. The molecule has 4 aromatic rings. The number of ether oxygens (including phenoxy) is 1. The van der Waals surface area contributed by atoms with E-state index >= 15 is 0 Å². The van der Waals surface area contributed by atoms with Crippen LogP contribution in [0.25, 0.3) is 22.5 Å². The third-order valence-electron chi connectivity index (χ3n) is 6.10. The van der Waals surface area contributed by atoms with E-state index in [0.29, 0.717) is 46.1 Å². The summed E-state index contributed by atoms with van der Waals surface area (Å²) in [5.41, 5.74) is 9.98. The van der Waals surface area contributed by atoms with E-state index in [0.717, 1.165) is 12.1 Å². The topological polar surface area (TPSA) is 120 Å². The van der Waals surface area contributed by atoms with Gasteiger partial charge in [-0.25, -0.2) is 9.37 Å². The maximum absolute atomic E-state index is 14.2. The van der Waals surface area contributed by atoms with Gasteiger partial charge >= 0.3 is 0 Å². The fourth-order valence-corrected chi connectivity index (χ4v) is 4.68. The van der Waals surface area contributed by atoms with E-state index in [-0.39, 0.29) is 17.7 Å². The van der Waals surface area contributed by atoms with Gasteiger partial charge in [0.05, 0.1) is 11.7 Å². The Bertz CT molecular complexity index is 1430. The van der Waals surface area contributed by atoms with Crippen molar-refractivity contribution in [1.29, 1.82) is 5.26 Å². The number of nitrogens with zero attached hydrogens (tertiary/aromatic N) is 7. The number of halogens is 1. The molecule has 2 aliphatic heterocycles. The molecule has 1 aromatic carbocycles. The molecule has 0 spiro atoms. The zero-order valence-corrected chi connectivity index (χ0v) is 17.0.